The number of nitrogens with one attached hydrogen (secondary N) is 3. The zero-order chi connectivity index (χ0) is 30.1. The largest absolute Gasteiger partial charge is 0.478 e. The molecule has 8 nitrogen and oxygen atoms in total. The van der Waals surface area contributed by atoms with Gasteiger partial charge in [-0.25, -0.2) is 4.79 Å². The molecule has 10 heteroatoms. The van der Waals surface area contributed by atoms with Gasteiger partial charge in [-0.15, -0.1) is 11.8 Å². The van der Waals surface area contributed by atoms with Crippen LogP contribution >= 0.6 is 23.4 Å². The molecule has 4 aromatic rings. The maximum absolute atomic E-state index is 13.2. The SMILES string of the molecule is CC(Sc1ccc(NC(=O)/C(=C/c2ccc(Cl)cc2)NC(=O)c2ccccc2)cc1)C(=O)Nc1cccc(C(=O)O)c1. The summed E-state index contributed by atoms with van der Waals surface area (Å²) in [6.45, 7) is 1.74. The van der Waals surface area contributed by atoms with E-state index in [1.807, 2.05) is 0 Å². The van der Waals surface area contributed by atoms with Gasteiger partial charge in [0.2, 0.25) is 5.91 Å². The van der Waals surface area contributed by atoms with Crippen molar-refractivity contribution in [2.24, 2.45) is 0 Å². The summed E-state index contributed by atoms with van der Waals surface area (Å²) in [6, 6.07) is 28.4. The Bertz CT molecular complexity index is 1620. The minimum absolute atomic E-state index is 0.0434. The molecule has 1 unspecified atom stereocenters. The van der Waals surface area contributed by atoms with Gasteiger partial charge in [-0.3, -0.25) is 14.4 Å². The summed E-state index contributed by atoms with van der Waals surface area (Å²) in [7, 11) is 0. The number of halogens is 1. The Morgan fingerprint density at radius 3 is 2.12 bits per heavy atom. The number of carboxylic acid groups (broad SMARTS) is 1. The Hall–Kier alpha value is -4.86. The van der Waals surface area contributed by atoms with Crippen molar-refractivity contribution in [2.75, 3.05) is 10.6 Å². The predicted octanol–water partition coefficient (Wildman–Crippen LogP) is 6.57. The number of carbonyl (C=O) groups is 4. The van der Waals surface area contributed by atoms with Crippen molar-refractivity contribution < 1.29 is 24.3 Å². The third kappa shape index (κ3) is 8.57. The highest BCUT2D eigenvalue weighted by Gasteiger charge is 2.17. The molecule has 0 fully saturated rings. The molecule has 0 saturated carbocycles. The molecular formula is C32H26ClN3O5S. The zero-order valence-electron chi connectivity index (χ0n) is 22.3. The van der Waals surface area contributed by atoms with Crippen molar-refractivity contribution in [3.63, 3.8) is 0 Å². The van der Waals surface area contributed by atoms with Gasteiger partial charge >= 0.3 is 5.97 Å². The topological polar surface area (TPSA) is 125 Å². The molecule has 0 saturated heterocycles. The van der Waals surface area contributed by atoms with Crippen LogP contribution < -0.4 is 16.0 Å². The molecule has 1 atom stereocenters. The number of benzene rings is 4. The second-order valence-electron chi connectivity index (χ2n) is 9.04. The lowest BCUT2D eigenvalue weighted by atomic mass is 10.1. The molecule has 0 aromatic heterocycles. The molecule has 0 heterocycles. The van der Waals surface area contributed by atoms with E-state index in [1.165, 1.54) is 23.9 Å². The van der Waals surface area contributed by atoms with Gasteiger partial charge < -0.3 is 21.1 Å². The summed E-state index contributed by atoms with van der Waals surface area (Å²) in [5.74, 6) is -2.32. The first kappa shape index (κ1) is 30.1. The van der Waals surface area contributed by atoms with Crippen molar-refractivity contribution in [3.05, 3.63) is 131 Å². The Morgan fingerprint density at radius 2 is 1.45 bits per heavy atom. The summed E-state index contributed by atoms with van der Waals surface area (Å²) >= 11 is 7.29. The highest BCUT2D eigenvalue weighted by Crippen LogP contribution is 2.26. The standard InChI is InChI=1S/C32H26ClN3O5S/c1-20(29(37)35-26-9-5-8-23(19-26)32(40)41)42-27-16-14-25(15-17-27)34-31(39)28(18-21-10-12-24(33)13-11-21)36-30(38)22-6-3-2-4-7-22/h2-20H,1H3,(H,34,39)(H,35,37)(H,36,38)(H,40,41)/b28-18-. The van der Waals surface area contributed by atoms with Gasteiger partial charge in [0.05, 0.1) is 10.8 Å². The molecule has 0 spiro atoms. The Balaban J connectivity index is 1.42. The monoisotopic (exact) mass is 599 g/mol. The van der Waals surface area contributed by atoms with Gasteiger partial charge in [0.15, 0.2) is 0 Å². The molecule has 4 aromatic carbocycles. The van der Waals surface area contributed by atoms with Crippen molar-refractivity contribution in [1.82, 2.24) is 5.32 Å². The van der Waals surface area contributed by atoms with Crippen molar-refractivity contribution in [2.45, 2.75) is 17.1 Å². The first-order valence-corrected chi connectivity index (χ1v) is 14.0. The van der Waals surface area contributed by atoms with E-state index in [-0.39, 0.29) is 17.2 Å². The lowest BCUT2D eigenvalue weighted by molar-refractivity contribution is -0.115. The molecule has 0 radical (unpaired) electrons. The van der Waals surface area contributed by atoms with E-state index < -0.39 is 23.0 Å². The molecule has 0 aliphatic rings. The molecule has 0 aliphatic heterocycles. The number of anilines is 2. The van der Waals surface area contributed by atoms with E-state index in [1.54, 1.807) is 104 Å². The van der Waals surface area contributed by atoms with Gasteiger partial charge in [-0.05, 0) is 85.3 Å². The number of rotatable bonds is 10. The van der Waals surface area contributed by atoms with Crippen LogP contribution in [0.2, 0.25) is 5.02 Å². The molecule has 4 N–H and O–H groups in total. The van der Waals surface area contributed by atoms with Gasteiger partial charge in [-0.2, -0.15) is 0 Å². The number of hydrogen-bond acceptors (Lipinski definition) is 5. The summed E-state index contributed by atoms with van der Waals surface area (Å²) in [5.41, 5.74) is 2.08. The van der Waals surface area contributed by atoms with E-state index in [2.05, 4.69) is 16.0 Å². The van der Waals surface area contributed by atoms with Gasteiger partial charge in [0.1, 0.15) is 5.70 Å². The highest BCUT2D eigenvalue weighted by molar-refractivity contribution is 8.00. The molecule has 0 aliphatic carbocycles. The van der Waals surface area contributed by atoms with Crippen LogP contribution in [0.1, 0.15) is 33.2 Å². The van der Waals surface area contributed by atoms with Crippen LogP contribution in [-0.4, -0.2) is 34.0 Å². The lowest BCUT2D eigenvalue weighted by Gasteiger charge is -2.14. The maximum Gasteiger partial charge on any atom is 0.335 e. The number of amides is 3. The number of aromatic carboxylic acids is 1. The molecular weight excluding hydrogens is 574 g/mol. The molecule has 3 amide bonds. The van der Waals surface area contributed by atoms with Gasteiger partial charge in [-0.1, -0.05) is 48.0 Å². The highest BCUT2D eigenvalue weighted by atomic mass is 35.5. The van der Waals surface area contributed by atoms with Crippen LogP contribution in [0.25, 0.3) is 6.08 Å². The second-order valence-corrected chi connectivity index (χ2v) is 10.9. The number of carboxylic acids is 1. The van der Waals surface area contributed by atoms with E-state index in [9.17, 15) is 19.2 Å². The fourth-order valence-corrected chi connectivity index (χ4v) is 4.71. The fourth-order valence-electron chi connectivity index (χ4n) is 3.71. The summed E-state index contributed by atoms with van der Waals surface area (Å²) in [6.07, 6.45) is 1.56. The molecule has 42 heavy (non-hydrogen) atoms. The average Bonchev–Trinajstić information content (AvgIpc) is 2.99. The smallest absolute Gasteiger partial charge is 0.335 e. The van der Waals surface area contributed by atoms with Crippen LogP contribution in [0.3, 0.4) is 0 Å². The Labute approximate surface area is 251 Å². The van der Waals surface area contributed by atoms with Crippen LogP contribution in [-0.2, 0) is 9.59 Å². The average molecular weight is 600 g/mol. The summed E-state index contributed by atoms with van der Waals surface area (Å²) < 4.78 is 0. The van der Waals surface area contributed by atoms with Crippen LogP contribution in [0.4, 0.5) is 11.4 Å². The third-order valence-electron chi connectivity index (χ3n) is 5.88. The lowest BCUT2D eigenvalue weighted by Crippen LogP contribution is -2.30. The van der Waals surface area contributed by atoms with Crippen LogP contribution in [0.5, 0.6) is 0 Å². The molecule has 0 bridgehead atoms. The van der Waals surface area contributed by atoms with Gasteiger partial charge in [0, 0.05) is 26.9 Å². The Morgan fingerprint density at radius 1 is 0.786 bits per heavy atom. The fraction of sp³-hybridized carbons (Fsp3) is 0.0625. The first-order valence-electron chi connectivity index (χ1n) is 12.7. The number of thioether (sulfide) groups is 1. The summed E-state index contributed by atoms with van der Waals surface area (Å²) in [4.78, 5) is 50.7. The molecule has 212 valence electrons. The van der Waals surface area contributed by atoms with Crippen molar-refractivity contribution in [3.8, 4) is 0 Å². The summed E-state index contributed by atoms with van der Waals surface area (Å²) in [5, 5.41) is 17.4. The zero-order valence-corrected chi connectivity index (χ0v) is 23.9. The number of hydrogen-bond donors (Lipinski definition) is 4. The van der Waals surface area contributed by atoms with E-state index in [4.69, 9.17) is 16.7 Å². The van der Waals surface area contributed by atoms with Crippen molar-refractivity contribution >= 4 is 64.5 Å². The number of carbonyl (C=O) groups excluding carboxylic acids is 3. The van der Waals surface area contributed by atoms with Crippen LogP contribution in [0.15, 0.2) is 114 Å². The third-order valence-corrected chi connectivity index (χ3v) is 7.25. The minimum atomic E-state index is -1.08. The predicted molar refractivity (Wildman–Crippen MR) is 166 cm³/mol. The quantitative estimate of drug-likeness (QED) is 0.121. The second kappa shape index (κ2) is 14.2. The molecule has 4 rings (SSSR count). The minimum Gasteiger partial charge on any atom is -0.478 e. The van der Waals surface area contributed by atoms with Crippen molar-refractivity contribution in [1.29, 1.82) is 0 Å². The van der Waals surface area contributed by atoms with E-state index >= 15 is 0 Å². The van der Waals surface area contributed by atoms with Crippen LogP contribution in [0, 0.1) is 0 Å². The first-order chi connectivity index (χ1) is 20.2. The van der Waals surface area contributed by atoms with Gasteiger partial charge in [0.25, 0.3) is 11.8 Å². The van der Waals surface area contributed by atoms with E-state index in [0.29, 0.717) is 27.5 Å². The Kier molecular flexibility index (Phi) is 10.1. The van der Waals surface area contributed by atoms with E-state index in [0.717, 1.165) is 4.90 Å². The normalized spacial score (nSPS) is 11.7. The maximum atomic E-state index is 13.2.